The highest BCUT2D eigenvalue weighted by Gasteiger charge is 2.40. The molecule has 0 saturated heterocycles. The Morgan fingerprint density at radius 1 is 1.24 bits per heavy atom. The number of rotatable bonds is 7. The van der Waals surface area contributed by atoms with Crippen LogP contribution in [0.25, 0.3) is 0 Å². The van der Waals surface area contributed by atoms with Gasteiger partial charge in [-0.25, -0.2) is 9.97 Å². The summed E-state index contributed by atoms with van der Waals surface area (Å²) in [5.41, 5.74) is 1.45. The minimum atomic E-state index is 0.309. The van der Waals surface area contributed by atoms with E-state index in [0.29, 0.717) is 5.54 Å². The molecule has 118 valence electrons. The maximum atomic E-state index is 4.51. The molecule has 2 rings (SSSR count). The Balaban J connectivity index is 2.13. The van der Waals surface area contributed by atoms with Crippen molar-refractivity contribution in [2.45, 2.75) is 45.1 Å². The molecule has 21 heavy (non-hydrogen) atoms. The third-order valence-electron chi connectivity index (χ3n) is 4.73. The first-order chi connectivity index (χ1) is 10.00. The first kappa shape index (κ1) is 16.0. The lowest BCUT2D eigenvalue weighted by atomic mass is 9.75. The van der Waals surface area contributed by atoms with Gasteiger partial charge in [0.25, 0.3) is 0 Å². The topological polar surface area (TPSA) is 44.3 Å². The van der Waals surface area contributed by atoms with Crippen LogP contribution in [0, 0.1) is 6.92 Å². The molecule has 1 N–H and O–H groups in total. The maximum Gasteiger partial charge on any atom is 0.136 e. The zero-order chi connectivity index (χ0) is 15.5. The molecule has 1 aromatic heterocycles. The number of nitrogens with zero attached hydrogens (tertiary/aromatic N) is 4. The smallest absolute Gasteiger partial charge is 0.136 e. The van der Waals surface area contributed by atoms with E-state index in [1.165, 1.54) is 19.3 Å². The average molecular weight is 291 g/mol. The van der Waals surface area contributed by atoms with Gasteiger partial charge in [0, 0.05) is 31.2 Å². The summed E-state index contributed by atoms with van der Waals surface area (Å²) in [4.78, 5) is 13.5. The van der Waals surface area contributed by atoms with Gasteiger partial charge in [-0.15, -0.1) is 0 Å². The van der Waals surface area contributed by atoms with E-state index in [1.807, 2.05) is 0 Å². The van der Waals surface area contributed by atoms with Crippen LogP contribution in [0.5, 0.6) is 0 Å². The first-order valence-electron chi connectivity index (χ1n) is 7.94. The monoisotopic (exact) mass is 291 g/mol. The molecule has 1 aliphatic rings. The van der Waals surface area contributed by atoms with Crippen LogP contribution in [0.4, 0.5) is 11.6 Å². The fourth-order valence-corrected chi connectivity index (χ4v) is 3.10. The quantitative estimate of drug-likeness (QED) is 0.836. The second kappa shape index (κ2) is 6.60. The van der Waals surface area contributed by atoms with Gasteiger partial charge in [-0.1, -0.05) is 6.92 Å². The van der Waals surface area contributed by atoms with E-state index >= 15 is 0 Å². The van der Waals surface area contributed by atoms with Crippen molar-refractivity contribution in [2.24, 2.45) is 0 Å². The van der Waals surface area contributed by atoms with E-state index in [0.717, 1.165) is 36.7 Å². The van der Waals surface area contributed by atoms with Crippen LogP contribution in [0.2, 0.25) is 0 Å². The number of hydrogen-bond acceptors (Lipinski definition) is 5. The van der Waals surface area contributed by atoms with E-state index in [2.05, 4.69) is 60.1 Å². The third kappa shape index (κ3) is 3.28. The second-order valence-electron chi connectivity index (χ2n) is 6.43. The molecule has 5 nitrogen and oxygen atoms in total. The van der Waals surface area contributed by atoms with Gasteiger partial charge >= 0.3 is 0 Å². The Kier molecular flexibility index (Phi) is 5.04. The summed E-state index contributed by atoms with van der Waals surface area (Å²) in [6, 6.07) is 0. The van der Waals surface area contributed by atoms with Gasteiger partial charge in [-0.2, -0.15) is 0 Å². The predicted octanol–water partition coefficient (Wildman–Crippen LogP) is 2.53. The SMILES string of the molecule is CCCNc1ncnc(N(C)CC2(N(C)C)CCC2)c1C. The Morgan fingerprint density at radius 2 is 1.95 bits per heavy atom. The molecule has 1 saturated carbocycles. The zero-order valence-electron chi connectivity index (χ0n) is 14.1. The summed E-state index contributed by atoms with van der Waals surface area (Å²) in [7, 11) is 6.52. The average Bonchev–Trinajstić information content (AvgIpc) is 2.41. The molecule has 0 radical (unpaired) electrons. The molecule has 0 aromatic carbocycles. The van der Waals surface area contributed by atoms with E-state index < -0.39 is 0 Å². The number of nitrogens with one attached hydrogen (secondary N) is 1. The Labute approximate surface area is 128 Å². The van der Waals surface area contributed by atoms with Crippen molar-refractivity contribution in [2.75, 3.05) is 44.4 Å². The van der Waals surface area contributed by atoms with Crippen molar-refractivity contribution in [1.29, 1.82) is 0 Å². The van der Waals surface area contributed by atoms with Gasteiger partial charge in [-0.05, 0) is 46.7 Å². The van der Waals surface area contributed by atoms with Crippen LogP contribution in [-0.4, -0.2) is 54.6 Å². The Morgan fingerprint density at radius 3 is 2.48 bits per heavy atom. The molecule has 1 fully saturated rings. The van der Waals surface area contributed by atoms with E-state index in [4.69, 9.17) is 0 Å². The summed E-state index contributed by atoms with van der Waals surface area (Å²) in [5, 5.41) is 3.38. The number of anilines is 2. The van der Waals surface area contributed by atoms with Crippen LogP contribution in [0.3, 0.4) is 0 Å². The van der Waals surface area contributed by atoms with Crippen molar-refractivity contribution in [3.63, 3.8) is 0 Å². The third-order valence-corrected chi connectivity index (χ3v) is 4.73. The highest BCUT2D eigenvalue weighted by Crippen LogP contribution is 2.37. The molecule has 1 aliphatic carbocycles. The van der Waals surface area contributed by atoms with E-state index in [-0.39, 0.29) is 0 Å². The Bertz CT molecular complexity index is 468. The van der Waals surface area contributed by atoms with E-state index in [9.17, 15) is 0 Å². The van der Waals surface area contributed by atoms with Crippen molar-refractivity contribution in [3.05, 3.63) is 11.9 Å². The van der Waals surface area contributed by atoms with Gasteiger partial charge in [0.1, 0.15) is 18.0 Å². The molecule has 0 atom stereocenters. The normalized spacial score (nSPS) is 16.7. The van der Waals surface area contributed by atoms with Crippen LogP contribution >= 0.6 is 0 Å². The van der Waals surface area contributed by atoms with E-state index in [1.54, 1.807) is 6.33 Å². The molecule has 0 unspecified atom stereocenters. The molecule has 0 bridgehead atoms. The molecular formula is C16H29N5. The molecule has 1 aromatic rings. The van der Waals surface area contributed by atoms with Crippen LogP contribution in [0.15, 0.2) is 6.33 Å². The van der Waals surface area contributed by atoms with Gasteiger partial charge < -0.3 is 15.1 Å². The van der Waals surface area contributed by atoms with Gasteiger partial charge in [0.15, 0.2) is 0 Å². The predicted molar refractivity (Wildman–Crippen MR) is 89.1 cm³/mol. The number of hydrogen-bond donors (Lipinski definition) is 1. The van der Waals surface area contributed by atoms with Crippen LogP contribution in [-0.2, 0) is 0 Å². The minimum Gasteiger partial charge on any atom is -0.370 e. The highest BCUT2D eigenvalue weighted by atomic mass is 15.3. The molecule has 5 heteroatoms. The fourth-order valence-electron chi connectivity index (χ4n) is 3.10. The molecule has 0 amide bonds. The maximum absolute atomic E-state index is 4.51. The highest BCUT2D eigenvalue weighted by molar-refractivity contribution is 5.57. The van der Waals surface area contributed by atoms with Crippen molar-refractivity contribution >= 4 is 11.6 Å². The lowest BCUT2D eigenvalue weighted by Gasteiger charge is -2.49. The summed E-state index contributed by atoms with van der Waals surface area (Å²) >= 11 is 0. The summed E-state index contributed by atoms with van der Waals surface area (Å²) in [5.74, 6) is 2.00. The van der Waals surface area contributed by atoms with Crippen LogP contribution < -0.4 is 10.2 Å². The molecule has 0 aliphatic heterocycles. The number of aromatic nitrogens is 2. The zero-order valence-corrected chi connectivity index (χ0v) is 14.1. The number of likely N-dealkylation sites (N-methyl/N-ethyl adjacent to an activating group) is 2. The van der Waals surface area contributed by atoms with Crippen molar-refractivity contribution in [3.8, 4) is 0 Å². The molecular weight excluding hydrogens is 262 g/mol. The summed E-state index contributed by atoms with van der Waals surface area (Å²) < 4.78 is 0. The van der Waals surface area contributed by atoms with Gasteiger partial charge in [0.05, 0.1) is 0 Å². The van der Waals surface area contributed by atoms with Crippen LogP contribution in [0.1, 0.15) is 38.2 Å². The standard InChI is InChI=1S/C16H29N5/c1-6-10-17-14-13(2)15(19-12-18-14)21(5)11-16(20(3)4)8-7-9-16/h12H,6-11H2,1-5H3,(H,17,18,19). The Hall–Kier alpha value is -1.36. The van der Waals surface area contributed by atoms with Crippen molar-refractivity contribution < 1.29 is 0 Å². The first-order valence-corrected chi connectivity index (χ1v) is 7.94. The minimum absolute atomic E-state index is 0.309. The lowest BCUT2D eigenvalue weighted by Crippen LogP contribution is -2.57. The summed E-state index contributed by atoms with van der Waals surface area (Å²) in [6.45, 7) is 6.23. The second-order valence-corrected chi connectivity index (χ2v) is 6.43. The van der Waals surface area contributed by atoms with Crippen molar-refractivity contribution in [1.82, 2.24) is 14.9 Å². The molecule has 1 heterocycles. The van der Waals surface area contributed by atoms with Gasteiger partial charge in [-0.3, -0.25) is 0 Å². The largest absolute Gasteiger partial charge is 0.370 e. The lowest BCUT2D eigenvalue weighted by molar-refractivity contribution is 0.0681. The summed E-state index contributed by atoms with van der Waals surface area (Å²) in [6.07, 6.45) is 6.64. The van der Waals surface area contributed by atoms with Gasteiger partial charge in [0.2, 0.25) is 0 Å². The molecule has 0 spiro atoms. The fraction of sp³-hybridized carbons (Fsp3) is 0.750.